The minimum absolute atomic E-state index is 0.0359. The molecule has 0 unspecified atom stereocenters. The Morgan fingerprint density at radius 1 is 1.12 bits per heavy atom. The van der Waals surface area contributed by atoms with Gasteiger partial charge in [-0.1, -0.05) is 30.3 Å². The lowest BCUT2D eigenvalue weighted by Gasteiger charge is -2.17. The second-order valence-corrected chi connectivity index (χ2v) is 7.09. The van der Waals surface area contributed by atoms with Gasteiger partial charge in [-0.2, -0.15) is 0 Å². The summed E-state index contributed by atoms with van der Waals surface area (Å²) in [5, 5.41) is 3.11. The van der Waals surface area contributed by atoms with Crippen molar-refractivity contribution >= 4 is 17.5 Å². The van der Waals surface area contributed by atoms with E-state index in [-0.39, 0.29) is 17.2 Å². The highest BCUT2D eigenvalue weighted by Crippen LogP contribution is 2.47. The fraction of sp³-hybridized carbons (Fsp3) is 0.333. The summed E-state index contributed by atoms with van der Waals surface area (Å²) in [5.41, 5.74) is 4.10. The second kappa shape index (κ2) is 6.03. The SMILES string of the molecule is CC(=O)N1CCc2cc(C(=O)NCC3(c4ccccc4)CC3)ccc21. The first-order chi connectivity index (χ1) is 12.1. The number of amides is 2. The van der Waals surface area contributed by atoms with E-state index in [1.54, 1.807) is 11.8 Å². The molecule has 1 aliphatic carbocycles. The van der Waals surface area contributed by atoms with Gasteiger partial charge in [0.15, 0.2) is 0 Å². The minimum Gasteiger partial charge on any atom is -0.351 e. The molecular formula is C21H22N2O2. The number of fused-ring (bicyclic) bond motifs is 1. The molecule has 0 saturated heterocycles. The quantitative estimate of drug-likeness (QED) is 0.934. The van der Waals surface area contributed by atoms with Crippen LogP contribution in [0.5, 0.6) is 0 Å². The van der Waals surface area contributed by atoms with E-state index in [2.05, 4.69) is 29.6 Å². The van der Waals surface area contributed by atoms with Gasteiger partial charge in [0.25, 0.3) is 5.91 Å². The van der Waals surface area contributed by atoms with Crippen molar-refractivity contribution in [3.05, 3.63) is 65.2 Å². The summed E-state index contributed by atoms with van der Waals surface area (Å²) in [6.07, 6.45) is 3.05. The Morgan fingerprint density at radius 2 is 1.88 bits per heavy atom. The molecule has 25 heavy (non-hydrogen) atoms. The third-order valence-corrected chi connectivity index (χ3v) is 5.44. The van der Waals surface area contributed by atoms with E-state index >= 15 is 0 Å². The van der Waals surface area contributed by atoms with Crippen LogP contribution in [0.2, 0.25) is 0 Å². The number of hydrogen-bond donors (Lipinski definition) is 1. The average molecular weight is 334 g/mol. The third-order valence-electron chi connectivity index (χ3n) is 5.44. The summed E-state index contributed by atoms with van der Waals surface area (Å²) in [5.74, 6) is 0.0146. The van der Waals surface area contributed by atoms with Gasteiger partial charge in [0, 0.05) is 36.7 Å². The Morgan fingerprint density at radius 3 is 2.56 bits per heavy atom. The Balaban J connectivity index is 1.45. The molecule has 1 aliphatic heterocycles. The molecule has 4 heteroatoms. The van der Waals surface area contributed by atoms with E-state index in [1.165, 1.54) is 5.56 Å². The highest BCUT2D eigenvalue weighted by Gasteiger charge is 2.44. The molecule has 2 aliphatic rings. The van der Waals surface area contributed by atoms with Crippen LogP contribution in [-0.2, 0) is 16.6 Å². The molecule has 1 saturated carbocycles. The maximum atomic E-state index is 12.6. The van der Waals surface area contributed by atoms with Gasteiger partial charge in [-0.3, -0.25) is 9.59 Å². The van der Waals surface area contributed by atoms with Crippen molar-refractivity contribution in [1.29, 1.82) is 0 Å². The third kappa shape index (κ3) is 2.93. The number of nitrogens with one attached hydrogen (secondary N) is 1. The van der Waals surface area contributed by atoms with Gasteiger partial charge in [0.2, 0.25) is 5.91 Å². The number of rotatable bonds is 4. The molecule has 0 spiro atoms. The Bertz CT molecular complexity index is 825. The summed E-state index contributed by atoms with van der Waals surface area (Å²) in [6, 6.07) is 16.1. The predicted molar refractivity (Wildman–Crippen MR) is 97.9 cm³/mol. The normalized spacial score (nSPS) is 17.1. The molecule has 4 nitrogen and oxygen atoms in total. The van der Waals surface area contributed by atoms with E-state index in [0.29, 0.717) is 18.7 Å². The van der Waals surface area contributed by atoms with E-state index in [0.717, 1.165) is 30.5 Å². The second-order valence-electron chi connectivity index (χ2n) is 7.09. The topological polar surface area (TPSA) is 49.4 Å². The van der Waals surface area contributed by atoms with Gasteiger partial charge in [-0.05, 0) is 48.6 Å². The Kier molecular flexibility index (Phi) is 3.83. The minimum atomic E-state index is -0.0359. The first-order valence-electron chi connectivity index (χ1n) is 8.84. The fourth-order valence-corrected chi connectivity index (χ4v) is 3.73. The zero-order valence-electron chi connectivity index (χ0n) is 14.4. The molecule has 1 fully saturated rings. The summed E-state index contributed by atoms with van der Waals surface area (Å²) < 4.78 is 0. The molecule has 0 atom stereocenters. The molecule has 4 rings (SSSR count). The van der Waals surface area contributed by atoms with E-state index in [4.69, 9.17) is 0 Å². The largest absolute Gasteiger partial charge is 0.351 e. The van der Waals surface area contributed by atoms with Gasteiger partial charge >= 0.3 is 0 Å². The van der Waals surface area contributed by atoms with Crippen molar-refractivity contribution in [2.24, 2.45) is 0 Å². The highest BCUT2D eigenvalue weighted by atomic mass is 16.2. The first kappa shape index (κ1) is 15.9. The monoisotopic (exact) mass is 334 g/mol. The molecule has 0 radical (unpaired) electrons. The van der Waals surface area contributed by atoms with Gasteiger partial charge in [-0.15, -0.1) is 0 Å². The van der Waals surface area contributed by atoms with Crippen LogP contribution >= 0.6 is 0 Å². The van der Waals surface area contributed by atoms with Crippen molar-refractivity contribution in [2.75, 3.05) is 18.0 Å². The molecule has 0 aromatic heterocycles. The molecule has 1 N–H and O–H groups in total. The fourth-order valence-electron chi connectivity index (χ4n) is 3.73. The molecule has 1 heterocycles. The van der Waals surface area contributed by atoms with E-state index in [1.807, 2.05) is 24.3 Å². The molecule has 128 valence electrons. The van der Waals surface area contributed by atoms with Crippen LogP contribution < -0.4 is 10.2 Å². The summed E-state index contributed by atoms with van der Waals surface area (Å²) in [7, 11) is 0. The van der Waals surface area contributed by atoms with Gasteiger partial charge in [-0.25, -0.2) is 0 Å². The van der Waals surface area contributed by atoms with Crippen LogP contribution in [-0.4, -0.2) is 24.9 Å². The van der Waals surface area contributed by atoms with Crippen LogP contribution in [0, 0.1) is 0 Å². The number of benzene rings is 2. The Labute approximate surface area is 147 Å². The molecule has 2 amide bonds. The van der Waals surface area contributed by atoms with Gasteiger partial charge in [0.1, 0.15) is 0 Å². The zero-order chi connectivity index (χ0) is 17.4. The molecule has 2 aromatic carbocycles. The van der Waals surface area contributed by atoms with Crippen LogP contribution in [0.1, 0.15) is 41.3 Å². The van der Waals surface area contributed by atoms with Gasteiger partial charge in [0.05, 0.1) is 0 Å². The number of anilines is 1. The number of nitrogens with zero attached hydrogens (tertiary/aromatic N) is 1. The van der Waals surface area contributed by atoms with Crippen molar-refractivity contribution in [2.45, 2.75) is 31.6 Å². The standard InChI is InChI=1S/C21H22N2O2/c1-15(24)23-12-9-16-13-17(7-8-19(16)23)20(25)22-14-21(10-11-21)18-5-3-2-4-6-18/h2-8,13H,9-12,14H2,1H3,(H,22,25). The predicted octanol–water partition coefficient (Wildman–Crippen LogP) is 3.06. The summed E-state index contributed by atoms with van der Waals surface area (Å²) in [4.78, 5) is 26.0. The zero-order valence-corrected chi connectivity index (χ0v) is 14.4. The van der Waals surface area contributed by atoms with Crippen molar-refractivity contribution in [3.8, 4) is 0 Å². The maximum Gasteiger partial charge on any atom is 0.251 e. The summed E-state index contributed by atoms with van der Waals surface area (Å²) in [6.45, 7) is 2.95. The van der Waals surface area contributed by atoms with Gasteiger partial charge < -0.3 is 10.2 Å². The number of carbonyl (C=O) groups is 2. The molecular weight excluding hydrogens is 312 g/mol. The lowest BCUT2D eigenvalue weighted by molar-refractivity contribution is -0.116. The molecule has 2 aromatic rings. The number of hydrogen-bond acceptors (Lipinski definition) is 2. The smallest absolute Gasteiger partial charge is 0.251 e. The highest BCUT2D eigenvalue weighted by molar-refractivity contribution is 5.97. The van der Waals surface area contributed by atoms with E-state index < -0.39 is 0 Å². The first-order valence-corrected chi connectivity index (χ1v) is 8.84. The van der Waals surface area contributed by atoms with Crippen LogP contribution in [0.3, 0.4) is 0 Å². The number of carbonyl (C=O) groups excluding carboxylic acids is 2. The lowest BCUT2D eigenvalue weighted by atomic mass is 9.96. The van der Waals surface area contributed by atoms with Crippen molar-refractivity contribution in [3.63, 3.8) is 0 Å². The Hall–Kier alpha value is -2.62. The lowest BCUT2D eigenvalue weighted by Crippen LogP contribution is -2.32. The van der Waals surface area contributed by atoms with E-state index in [9.17, 15) is 9.59 Å². The maximum absolute atomic E-state index is 12.6. The summed E-state index contributed by atoms with van der Waals surface area (Å²) >= 11 is 0. The van der Waals surface area contributed by atoms with Crippen molar-refractivity contribution in [1.82, 2.24) is 5.32 Å². The van der Waals surface area contributed by atoms with Crippen LogP contribution in [0.15, 0.2) is 48.5 Å². The average Bonchev–Trinajstić information content (AvgIpc) is 3.31. The van der Waals surface area contributed by atoms with Crippen LogP contribution in [0.25, 0.3) is 0 Å². The van der Waals surface area contributed by atoms with Crippen molar-refractivity contribution < 1.29 is 9.59 Å². The molecule has 0 bridgehead atoms. The van der Waals surface area contributed by atoms with Crippen LogP contribution in [0.4, 0.5) is 5.69 Å².